The minimum absolute atomic E-state index is 0.0733. The van der Waals surface area contributed by atoms with E-state index in [4.69, 9.17) is 4.74 Å². The van der Waals surface area contributed by atoms with Crippen molar-refractivity contribution in [2.24, 2.45) is 5.92 Å². The van der Waals surface area contributed by atoms with Crippen LogP contribution in [0.4, 0.5) is 0 Å². The summed E-state index contributed by atoms with van der Waals surface area (Å²) in [5.74, 6) is 0.239. The van der Waals surface area contributed by atoms with Crippen LogP contribution in [0.2, 0.25) is 0 Å². The van der Waals surface area contributed by atoms with Gasteiger partial charge in [-0.25, -0.2) is 0 Å². The first-order valence-electron chi connectivity index (χ1n) is 9.46. The average Bonchev–Trinajstić information content (AvgIpc) is 2.66. The Morgan fingerprint density at radius 3 is 2.69 bits per heavy atom. The van der Waals surface area contributed by atoms with Crippen molar-refractivity contribution in [2.75, 3.05) is 19.8 Å². The maximum atomic E-state index is 12.7. The van der Waals surface area contributed by atoms with Gasteiger partial charge in [-0.2, -0.15) is 0 Å². The minimum Gasteiger partial charge on any atom is -0.381 e. The third-order valence-electron chi connectivity index (χ3n) is 5.56. The largest absolute Gasteiger partial charge is 0.381 e. The monoisotopic (exact) mass is 356 g/mol. The van der Waals surface area contributed by atoms with Crippen molar-refractivity contribution in [3.63, 3.8) is 0 Å². The first-order chi connectivity index (χ1) is 12.6. The van der Waals surface area contributed by atoms with Crippen LogP contribution in [0.5, 0.6) is 0 Å². The summed E-state index contributed by atoms with van der Waals surface area (Å²) in [7, 11) is 0. The zero-order valence-electron chi connectivity index (χ0n) is 15.3. The molecule has 1 saturated heterocycles. The predicted octanol–water partition coefficient (Wildman–Crippen LogP) is 2.15. The molecule has 3 rings (SSSR count). The molecule has 0 spiro atoms. The minimum atomic E-state index is -0.416. The lowest BCUT2D eigenvalue weighted by Crippen LogP contribution is -2.58. The van der Waals surface area contributed by atoms with Crippen molar-refractivity contribution >= 4 is 11.8 Å². The fourth-order valence-corrected chi connectivity index (χ4v) is 3.99. The molecule has 0 bridgehead atoms. The van der Waals surface area contributed by atoms with Crippen molar-refractivity contribution < 1.29 is 14.3 Å². The van der Waals surface area contributed by atoms with Crippen LogP contribution >= 0.6 is 0 Å². The van der Waals surface area contributed by atoms with Crippen molar-refractivity contribution in [3.8, 4) is 0 Å². The van der Waals surface area contributed by atoms with Gasteiger partial charge < -0.3 is 15.4 Å². The van der Waals surface area contributed by atoms with Crippen LogP contribution in [-0.2, 0) is 27.2 Å². The van der Waals surface area contributed by atoms with Gasteiger partial charge in [-0.1, -0.05) is 30.8 Å². The zero-order chi connectivity index (χ0) is 18.4. The highest BCUT2D eigenvalue weighted by Gasteiger charge is 2.35. The number of rotatable bonds is 6. The standard InChI is InChI=1S/C21H28N2O3/c1-2-19(24)22-15-21(9-11-26-12-10-21)23-20(25)14-16-7-8-17-5-3-4-6-18(17)13-16/h2-6,16H,1,7-15H2,(H,22,24)(H,23,25). The van der Waals surface area contributed by atoms with E-state index in [0.29, 0.717) is 44.9 Å². The molecule has 0 aromatic heterocycles. The van der Waals surface area contributed by atoms with Crippen LogP contribution in [0, 0.1) is 5.92 Å². The Labute approximate surface area is 155 Å². The fraction of sp³-hybridized carbons (Fsp3) is 0.524. The summed E-state index contributed by atoms with van der Waals surface area (Å²) in [6.45, 7) is 5.09. The molecular formula is C21H28N2O3. The van der Waals surface area contributed by atoms with Crippen molar-refractivity contribution in [2.45, 2.75) is 44.1 Å². The first kappa shape index (κ1) is 18.6. The summed E-state index contributed by atoms with van der Waals surface area (Å²) < 4.78 is 5.44. The lowest BCUT2D eigenvalue weighted by Gasteiger charge is -2.38. The normalized spacial score (nSPS) is 21.3. The molecule has 2 aliphatic rings. The summed E-state index contributed by atoms with van der Waals surface area (Å²) in [6, 6.07) is 8.51. The second-order valence-corrected chi connectivity index (χ2v) is 7.44. The molecule has 2 N–H and O–H groups in total. The topological polar surface area (TPSA) is 67.4 Å². The number of carbonyl (C=O) groups excluding carboxylic acids is 2. The van der Waals surface area contributed by atoms with Crippen molar-refractivity contribution in [1.29, 1.82) is 0 Å². The molecule has 0 saturated carbocycles. The van der Waals surface area contributed by atoms with Crippen molar-refractivity contribution in [1.82, 2.24) is 10.6 Å². The van der Waals surface area contributed by atoms with Gasteiger partial charge in [0, 0.05) is 26.2 Å². The molecule has 5 heteroatoms. The van der Waals surface area contributed by atoms with Gasteiger partial charge in [0.2, 0.25) is 11.8 Å². The van der Waals surface area contributed by atoms with Crippen LogP contribution in [-0.4, -0.2) is 37.1 Å². The van der Waals surface area contributed by atoms with Crippen LogP contribution in [0.15, 0.2) is 36.9 Å². The highest BCUT2D eigenvalue weighted by atomic mass is 16.5. The van der Waals surface area contributed by atoms with E-state index in [0.717, 1.165) is 19.3 Å². The number of fused-ring (bicyclic) bond motifs is 1. The lowest BCUT2D eigenvalue weighted by molar-refractivity contribution is -0.126. The number of nitrogens with one attached hydrogen (secondary N) is 2. The van der Waals surface area contributed by atoms with Crippen LogP contribution in [0.1, 0.15) is 36.8 Å². The Morgan fingerprint density at radius 2 is 1.96 bits per heavy atom. The lowest BCUT2D eigenvalue weighted by atomic mass is 9.81. The molecule has 1 aliphatic heterocycles. The van der Waals surface area contributed by atoms with E-state index in [1.54, 1.807) is 0 Å². The predicted molar refractivity (Wildman–Crippen MR) is 101 cm³/mol. The molecule has 1 aliphatic carbocycles. The summed E-state index contributed by atoms with van der Waals surface area (Å²) in [5, 5.41) is 6.05. The Hall–Kier alpha value is -2.14. The molecule has 2 amide bonds. The third kappa shape index (κ3) is 4.73. The van der Waals surface area contributed by atoms with Gasteiger partial charge in [0.25, 0.3) is 0 Å². The van der Waals surface area contributed by atoms with Crippen LogP contribution in [0.25, 0.3) is 0 Å². The van der Waals surface area contributed by atoms with Crippen molar-refractivity contribution in [3.05, 3.63) is 48.0 Å². The Balaban J connectivity index is 1.57. The Morgan fingerprint density at radius 1 is 1.23 bits per heavy atom. The molecule has 1 atom stereocenters. The number of benzene rings is 1. The van der Waals surface area contributed by atoms with Gasteiger partial charge in [0.1, 0.15) is 0 Å². The van der Waals surface area contributed by atoms with E-state index in [1.165, 1.54) is 17.2 Å². The fourth-order valence-electron chi connectivity index (χ4n) is 3.99. The van der Waals surface area contributed by atoms with E-state index in [-0.39, 0.29) is 11.8 Å². The van der Waals surface area contributed by atoms with Gasteiger partial charge in [-0.15, -0.1) is 0 Å². The molecule has 0 radical (unpaired) electrons. The van der Waals surface area contributed by atoms with Gasteiger partial charge in [0.15, 0.2) is 0 Å². The number of hydrogen-bond acceptors (Lipinski definition) is 3. The summed E-state index contributed by atoms with van der Waals surface area (Å²) in [5.41, 5.74) is 2.37. The smallest absolute Gasteiger partial charge is 0.243 e. The molecule has 1 fully saturated rings. The SMILES string of the molecule is C=CC(=O)NCC1(NC(=O)CC2CCc3ccccc3C2)CCOCC1. The van der Waals surface area contributed by atoms with E-state index in [1.807, 2.05) is 0 Å². The maximum Gasteiger partial charge on any atom is 0.243 e. The van der Waals surface area contributed by atoms with E-state index in [9.17, 15) is 9.59 Å². The van der Waals surface area contributed by atoms with Gasteiger partial charge in [0.05, 0.1) is 5.54 Å². The number of amides is 2. The van der Waals surface area contributed by atoms with Gasteiger partial charge in [-0.3, -0.25) is 9.59 Å². The number of carbonyl (C=O) groups is 2. The van der Waals surface area contributed by atoms with E-state index < -0.39 is 5.54 Å². The average molecular weight is 356 g/mol. The molecular weight excluding hydrogens is 328 g/mol. The highest BCUT2D eigenvalue weighted by molar-refractivity contribution is 5.87. The second kappa shape index (κ2) is 8.49. The Kier molecular flexibility index (Phi) is 6.09. The first-order valence-corrected chi connectivity index (χ1v) is 9.46. The van der Waals surface area contributed by atoms with Crippen LogP contribution in [0.3, 0.4) is 0 Å². The number of hydrogen-bond donors (Lipinski definition) is 2. The third-order valence-corrected chi connectivity index (χ3v) is 5.56. The summed E-state index contributed by atoms with van der Waals surface area (Å²) in [6.07, 6.45) is 6.27. The number of ether oxygens (including phenoxy) is 1. The van der Waals surface area contributed by atoms with E-state index >= 15 is 0 Å². The second-order valence-electron chi connectivity index (χ2n) is 7.44. The Bertz CT molecular complexity index is 665. The molecule has 5 nitrogen and oxygen atoms in total. The molecule has 1 aromatic carbocycles. The van der Waals surface area contributed by atoms with Gasteiger partial charge in [-0.05, 0) is 55.2 Å². The number of aryl methyl sites for hydroxylation is 1. The highest BCUT2D eigenvalue weighted by Crippen LogP contribution is 2.28. The summed E-state index contributed by atoms with van der Waals surface area (Å²) >= 11 is 0. The molecule has 26 heavy (non-hydrogen) atoms. The quantitative estimate of drug-likeness (QED) is 0.768. The summed E-state index contributed by atoms with van der Waals surface area (Å²) in [4.78, 5) is 24.3. The molecule has 1 heterocycles. The zero-order valence-corrected chi connectivity index (χ0v) is 15.3. The molecule has 1 unspecified atom stereocenters. The molecule has 140 valence electrons. The van der Waals surface area contributed by atoms with E-state index in [2.05, 4.69) is 41.5 Å². The molecule has 1 aromatic rings. The maximum absolute atomic E-state index is 12.7. The van der Waals surface area contributed by atoms with Gasteiger partial charge >= 0.3 is 0 Å². The van der Waals surface area contributed by atoms with Crippen LogP contribution < -0.4 is 10.6 Å².